The highest BCUT2D eigenvalue weighted by atomic mass is 16.4. The van der Waals surface area contributed by atoms with Crippen LogP contribution in [0.1, 0.15) is 38.5 Å². The van der Waals surface area contributed by atoms with Crippen LogP contribution in [-0.2, 0) is 9.59 Å². The minimum Gasteiger partial charge on any atom is -0.480 e. The molecular weight excluding hydrogens is 264 g/mol. The molecule has 1 aromatic rings. The zero-order valence-electron chi connectivity index (χ0n) is 11.5. The number of anilines is 1. The fourth-order valence-corrected chi connectivity index (χ4v) is 1.79. The van der Waals surface area contributed by atoms with Crippen LogP contribution in [0.4, 0.5) is 6.01 Å². The standard InChI is InChI=1S/C12H18N4O4/c1-7(2)11-14-15-12(20-11)13-9(17)5-16(6-10(18)19)8-3-4-8/h7-8H,3-6H2,1-2H3,(H,18,19)(H,13,15,17). The quantitative estimate of drug-likeness (QED) is 0.756. The van der Waals surface area contributed by atoms with Crippen molar-refractivity contribution >= 4 is 17.9 Å². The molecule has 1 aromatic heterocycles. The summed E-state index contributed by atoms with van der Waals surface area (Å²) in [4.78, 5) is 24.2. The van der Waals surface area contributed by atoms with Gasteiger partial charge in [0.25, 0.3) is 0 Å². The van der Waals surface area contributed by atoms with Gasteiger partial charge in [0.2, 0.25) is 11.8 Å². The van der Waals surface area contributed by atoms with Gasteiger partial charge in [-0.15, -0.1) is 5.10 Å². The second kappa shape index (κ2) is 6.00. The summed E-state index contributed by atoms with van der Waals surface area (Å²) in [7, 11) is 0. The Morgan fingerprint density at radius 3 is 2.60 bits per heavy atom. The van der Waals surface area contributed by atoms with Crippen LogP contribution in [0.2, 0.25) is 0 Å². The number of carbonyl (C=O) groups is 2. The molecule has 0 spiro atoms. The summed E-state index contributed by atoms with van der Waals surface area (Å²) in [6.07, 6.45) is 1.86. The highest BCUT2D eigenvalue weighted by molar-refractivity contribution is 5.90. The highest BCUT2D eigenvalue weighted by Crippen LogP contribution is 2.26. The Kier molecular flexibility index (Phi) is 4.33. The number of nitrogens with one attached hydrogen (secondary N) is 1. The van der Waals surface area contributed by atoms with Gasteiger partial charge < -0.3 is 9.52 Å². The number of aliphatic carboxylic acids is 1. The van der Waals surface area contributed by atoms with Gasteiger partial charge in [0, 0.05) is 12.0 Å². The van der Waals surface area contributed by atoms with Crippen LogP contribution in [0.3, 0.4) is 0 Å². The van der Waals surface area contributed by atoms with Crippen LogP contribution in [-0.4, -0.2) is 51.2 Å². The van der Waals surface area contributed by atoms with Crippen molar-refractivity contribution in [3.05, 3.63) is 5.89 Å². The van der Waals surface area contributed by atoms with Crippen molar-refractivity contribution in [1.82, 2.24) is 15.1 Å². The van der Waals surface area contributed by atoms with Crippen molar-refractivity contribution in [3.63, 3.8) is 0 Å². The van der Waals surface area contributed by atoms with Gasteiger partial charge in [-0.2, -0.15) is 0 Å². The number of carbonyl (C=O) groups excluding carboxylic acids is 1. The Balaban J connectivity index is 1.88. The number of carboxylic acids is 1. The Morgan fingerprint density at radius 2 is 2.10 bits per heavy atom. The molecular formula is C12H18N4O4. The van der Waals surface area contributed by atoms with E-state index in [0.29, 0.717) is 5.89 Å². The summed E-state index contributed by atoms with van der Waals surface area (Å²) in [5, 5.41) is 18.8. The van der Waals surface area contributed by atoms with Crippen molar-refractivity contribution in [2.75, 3.05) is 18.4 Å². The second-order valence-electron chi connectivity index (χ2n) is 5.18. The Hall–Kier alpha value is -1.96. The molecule has 0 aromatic carbocycles. The lowest BCUT2D eigenvalue weighted by molar-refractivity contribution is -0.138. The van der Waals surface area contributed by atoms with Crippen LogP contribution in [0, 0.1) is 0 Å². The summed E-state index contributed by atoms with van der Waals surface area (Å²) in [5.41, 5.74) is 0. The summed E-state index contributed by atoms with van der Waals surface area (Å²) in [6.45, 7) is 3.68. The van der Waals surface area contributed by atoms with Crippen LogP contribution in [0.5, 0.6) is 0 Å². The van der Waals surface area contributed by atoms with E-state index in [1.165, 1.54) is 0 Å². The van der Waals surface area contributed by atoms with E-state index in [2.05, 4.69) is 15.5 Å². The van der Waals surface area contributed by atoms with Gasteiger partial charge in [0.15, 0.2) is 0 Å². The molecule has 1 heterocycles. The Bertz CT molecular complexity index is 495. The largest absolute Gasteiger partial charge is 0.480 e. The molecule has 8 nitrogen and oxygen atoms in total. The molecule has 1 amide bonds. The summed E-state index contributed by atoms with van der Waals surface area (Å²) in [5.74, 6) is -0.755. The smallest absolute Gasteiger partial charge is 0.322 e. The van der Waals surface area contributed by atoms with Gasteiger partial charge in [-0.1, -0.05) is 18.9 Å². The number of carboxylic acid groups (broad SMARTS) is 1. The lowest BCUT2D eigenvalue weighted by atomic mass is 10.2. The van der Waals surface area contributed by atoms with Gasteiger partial charge >= 0.3 is 12.0 Å². The third-order valence-corrected chi connectivity index (χ3v) is 2.93. The van der Waals surface area contributed by atoms with Gasteiger partial charge in [0.05, 0.1) is 13.1 Å². The molecule has 0 bridgehead atoms. The van der Waals surface area contributed by atoms with E-state index in [1.807, 2.05) is 13.8 Å². The van der Waals surface area contributed by atoms with Gasteiger partial charge in [-0.25, -0.2) is 0 Å². The molecule has 110 valence electrons. The van der Waals surface area contributed by atoms with Crippen molar-refractivity contribution in [2.24, 2.45) is 0 Å². The molecule has 0 saturated heterocycles. The van der Waals surface area contributed by atoms with E-state index in [4.69, 9.17) is 9.52 Å². The minimum absolute atomic E-state index is 0.0103. The van der Waals surface area contributed by atoms with E-state index in [0.717, 1.165) is 12.8 Å². The minimum atomic E-state index is -0.940. The highest BCUT2D eigenvalue weighted by Gasteiger charge is 2.31. The SMILES string of the molecule is CC(C)c1nnc(NC(=O)CN(CC(=O)O)C2CC2)o1. The van der Waals surface area contributed by atoms with E-state index < -0.39 is 5.97 Å². The van der Waals surface area contributed by atoms with Gasteiger partial charge in [-0.3, -0.25) is 19.8 Å². The zero-order valence-corrected chi connectivity index (χ0v) is 11.5. The lowest BCUT2D eigenvalue weighted by Gasteiger charge is -2.18. The van der Waals surface area contributed by atoms with Crippen LogP contribution in [0.25, 0.3) is 0 Å². The average Bonchev–Trinajstić information content (AvgIpc) is 3.08. The molecule has 2 rings (SSSR count). The number of aromatic nitrogens is 2. The van der Waals surface area contributed by atoms with Gasteiger partial charge in [-0.05, 0) is 12.8 Å². The van der Waals surface area contributed by atoms with E-state index in [9.17, 15) is 9.59 Å². The molecule has 1 fully saturated rings. The molecule has 20 heavy (non-hydrogen) atoms. The molecule has 1 aliphatic rings. The first-order valence-electron chi connectivity index (χ1n) is 6.54. The normalized spacial score (nSPS) is 14.8. The molecule has 1 saturated carbocycles. The number of nitrogens with zero attached hydrogens (tertiary/aromatic N) is 3. The first kappa shape index (κ1) is 14.4. The monoisotopic (exact) mass is 282 g/mol. The first-order chi connectivity index (χ1) is 9.45. The summed E-state index contributed by atoms with van der Waals surface area (Å²) in [6, 6.07) is 0.232. The zero-order chi connectivity index (χ0) is 14.7. The first-order valence-corrected chi connectivity index (χ1v) is 6.54. The van der Waals surface area contributed by atoms with E-state index >= 15 is 0 Å². The van der Waals surface area contributed by atoms with E-state index in [-0.39, 0.29) is 37.0 Å². The predicted molar refractivity (Wildman–Crippen MR) is 69.2 cm³/mol. The number of amides is 1. The fourth-order valence-electron chi connectivity index (χ4n) is 1.79. The third-order valence-electron chi connectivity index (χ3n) is 2.93. The molecule has 2 N–H and O–H groups in total. The third kappa shape index (κ3) is 4.02. The number of rotatable bonds is 7. The van der Waals surface area contributed by atoms with E-state index in [1.54, 1.807) is 4.90 Å². The molecule has 1 aliphatic carbocycles. The molecule has 0 radical (unpaired) electrons. The topological polar surface area (TPSA) is 109 Å². The maximum atomic E-state index is 11.8. The molecule has 0 atom stereocenters. The lowest BCUT2D eigenvalue weighted by Crippen LogP contribution is -2.38. The maximum absolute atomic E-state index is 11.8. The molecule has 0 aliphatic heterocycles. The van der Waals surface area contributed by atoms with Gasteiger partial charge in [0.1, 0.15) is 0 Å². The summed E-state index contributed by atoms with van der Waals surface area (Å²) >= 11 is 0. The summed E-state index contributed by atoms with van der Waals surface area (Å²) < 4.78 is 5.27. The average molecular weight is 282 g/mol. The molecule has 0 unspecified atom stereocenters. The van der Waals surface area contributed by atoms with Crippen molar-refractivity contribution < 1.29 is 19.1 Å². The van der Waals surface area contributed by atoms with Crippen LogP contribution < -0.4 is 5.32 Å². The van der Waals surface area contributed by atoms with Crippen LogP contribution >= 0.6 is 0 Å². The fraction of sp³-hybridized carbons (Fsp3) is 0.667. The van der Waals surface area contributed by atoms with Crippen molar-refractivity contribution in [2.45, 2.75) is 38.6 Å². The predicted octanol–water partition coefficient (Wildman–Crippen LogP) is 0.680. The number of hydrogen-bond acceptors (Lipinski definition) is 6. The molecule has 8 heteroatoms. The Labute approximate surface area is 116 Å². The van der Waals surface area contributed by atoms with Crippen LogP contribution in [0.15, 0.2) is 4.42 Å². The van der Waals surface area contributed by atoms with Crippen molar-refractivity contribution in [1.29, 1.82) is 0 Å². The maximum Gasteiger partial charge on any atom is 0.322 e. The Morgan fingerprint density at radius 1 is 1.40 bits per heavy atom. The van der Waals surface area contributed by atoms with Crippen molar-refractivity contribution in [3.8, 4) is 0 Å². The number of hydrogen-bond donors (Lipinski definition) is 2. The second-order valence-corrected chi connectivity index (χ2v) is 5.18.